The number of amides is 1. The highest BCUT2D eigenvalue weighted by Crippen LogP contribution is 2.22. The second-order valence-corrected chi connectivity index (χ2v) is 5.57. The Kier molecular flexibility index (Phi) is 5.49. The summed E-state index contributed by atoms with van der Waals surface area (Å²) in [5.41, 5.74) is 0.449. The van der Waals surface area contributed by atoms with Gasteiger partial charge in [-0.15, -0.1) is 0 Å². The molecule has 1 amide bonds. The van der Waals surface area contributed by atoms with Crippen LogP contribution in [0.5, 0.6) is 0 Å². The van der Waals surface area contributed by atoms with Crippen LogP contribution >= 0.6 is 0 Å². The number of likely N-dealkylation sites (tertiary alicyclic amines) is 1. The predicted octanol–water partition coefficient (Wildman–Crippen LogP) is 2.34. The fourth-order valence-electron chi connectivity index (χ4n) is 2.87. The van der Waals surface area contributed by atoms with Crippen LogP contribution in [0.4, 0.5) is 10.1 Å². The first-order chi connectivity index (χ1) is 10.5. The summed E-state index contributed by atoms with van der Waals surface area (Å²) < 4.78 is 13.1. The quantitative estimate of drug-likeness (QED) is 0.876. The standard InChI is InChI=1S/C16H21FN2O3/c1-2-14(16(21)22)19-8-6-11(7-9-19)15(20)18-13-5-3-4-12(17)10-13/h3-5,10-11,14H,2,6-9H2,1H3,(H,18,20)(H,21,22). The molecular weight excluding hydrogens is 287 g/mol. The van der Waals surface area contributed by atoms with E-state index in [1.807, 2.05) is 11.8 Å². The maximum atomic E-state index is 13.1. The second-order valence-electron chi connectivity index (χ2n) is 5.57. The fourth-order valence-corrected chi connectivity index (χ4v) is 2.87. The van der Waals surface area contributed by atoms with Crippen LogP contribution in [0, 0.1) is 11.7 Å². The molecule has 1 unspecified atom stereocenters. The Morgan fingerprint density at radius 2 is 2.09 bits per heavy atom. The Morgan fingerprint density at radius 3 is 2.64 bits per heavy atom. The third-order valence-electron chi connectivity index (χ3n) is 4.11. The van der Waals surface area contributed by atoms with Gasteiger partial charge in [0.05, 0.1) is 0 Å². The minimum atomic E-state index is -0.815. The van der Waals surface area contributed by atoms with Gasteiger partial charge in [-0.3, -0.25) is 14.5 Å². The molecule has 1 aliphatic rings. The lowest BCUT2D eigenvalue weighted by Crippen LogP contribution is -2.46. The number of carbonyl (C=O) groups excluding carboxylic acids is 1. The molecule has 1 saturated heterocycles. The number of anilines is 1. The smallest absolute Gasteiger partial charge is 0.320 e. The molecule has 1 atom stereocenters. The highest BCUT2D eigenvalue weighted by molar-refractivity contribution is 5.92. The average Bonchev–Trinajstić information content (AvgIpc) is 2.48. The monoisotopic (exact) mass is 308 g/mol. The van der Waals surface area contributed by atoms with E-state index >= 15 is 0 Å². The van der Waals surface area contributed by atoms with Crippen molar-refractivity contribution in [1.29, 1.82) is 0 Å². The van der Waals surface area contributed by atoms with Gasteiger partial charge in [-0.25, -0.2) is 4.39 Å². The number of piperidine rings is 1. The Hall–Kier alpha value is -1.95. The van der Waals surface area contributed by atoms with E-state index in [4.69, 9.17) is 5.11 Å². The van der Waals surface area contributed by atoms with Gasteiger partial charge in [0.1, 0.15) is 11.9 Å². The number of carbonyl (C=O) groups is 2. The summed E-state index contributed by atoms with van der Waals surface area (Å²) in [7, 11) is 0. The van der Waals surface area contributed by atoms with E-state index < -0.39 is 12.0 Å². The zero-order valence-electron chi connectivity index (χ0n) is 12.6. The first-order valence-corrected chi connectivity index (χ1v) is 7.54. The third kappa shape index (κ3) is 4.04. The lowest BCUT2D eigenvalue weighted by atomic mass is 9.94. The van der Waals surface area contributed by atoms with Crippen LogP contribution in [-0.4, -0.2) is 41.0 Å². The molecule has 120 valence electrons. The van der Waals surface area contributed by atoms with Crippen molar-refractivity contribution >= 4 is 17.6 Å². The number of hydrogen-bond acceptors (Lipinski definition) is 3. The highest BCUT2D eigenvalue weighted by Gasteiger charge is 2.30. The van der Waals surface area contributed by atoms with Gasteiger partial charge in [-0.2, -0.15) is 0 Å². The number of hydrogen-bond donors (Lipinski definition) is 2. The molecule has 2 N–H and O–H groups in total. The minimum Gasteiger partial charge on any atom is -0.480 e. The maximum absolute atomic E-state index is 13.1. The number of nitrogens with one attached hydrogen (secondary N) is 1. The molecule has 0 radical (unpaired) electrons. The molecule has 0 bridgehead atoms. The first-order valence-electron chi connectivity index (χ1n) is 7.54. The Bertz CT molecular complexity index is 542. The summed E-state index contributed by atoms with van der Waals surface area (Å²) in [5, 5.41) is 11.9. The minimum absolute atomic E-state index is 0.131. The molecule has 1 fully saturated rings. The molecule has 0 saturated carbocycles. The van der Waals surface area contributed by atoms with Crippen molar-refractivity contribution < 1.29 is 19.1 Å². The highest BCUT2D eigenvalue weighted by atomic mass is 19.1. The summed E-state index contributed by atoms with van der Waals surface area (Å²) >= 11 is 0. The summed E-state index contributed by atoms with van der Waals surface area (Å²) in [5.74, 6) is -1.50. The zero-order valence-corrected chi connectivity index (χ0v) is 12.6. The SMILES string of the molecule is CCC(C(=O)O)N1CCC(C(=O)Nc2cccc(F)c2)CC1. The Labute approximate surface area is 129 Å². The maximum Gasteiger partial charge on any atom is 0.320 e. The molecule has 0 spiro atoms. The van der Waals surface area contributed by atoms with Crippen molar-refractivity contribution in [3.8, 4) is 0 Å². The van der Waals surface area contributed by atoms with Gasteiger partial charge >= 0.3 is 5.97 Å². The predicted molar refractivity (Wildman–Crippen MR) is 81.0 cm³/mol. The van der Waals surface area contributed by atoms with Crippen molar-refractivity contribution in [2.75, 3.05) is 18.4 Å². The average molecular weight is 308 g/mol. The first kappa shape index (κ1) is 16.4. The van der Waals surface area contributed by atoms with E-state index in [0.717, 1.165) is 0 Å². The lowest BCUT2D eigenvalue weighted by Gasteiger charge is -2.34. The van der Waals surface area contributed by atoms with Crippen molar-refractivity contribution in [2.24, 2.45) is 5.92 Å². The van der Waals surface area contributed by atoms with Crippen LogP contribution in [0.15, 0.2) is 24.3 Å². The molecule has 6 heteroatoms. The van der Waals surface area contributed by atoms with Crippen molar-refractivity contribution in [2.45, 2.75) is 32.2 Å². The van der Waals surface area contributed by atoms with Gasteiger partial charge in [0, 0.05) is 11.6 Å². The molecule has 5 nitrogen and oxygen atoms in total. The van der Waals surface area contributed by atoms with E-state index in [0.29, 0.717) is 38.0 Å². The third-order valence-corrected chi connectivity index (χ3v) is 4.11. The van der Waals surface area contributed by atoms with Crippen LogP contribution in [-0.2, 0) is 9.59 Å². The second kappa shape index (κ2) is 7.35. The van der Waals surface area contributed by atoms with E-state index in [1.165, 1.54) is 12.1 Å². The summed E-state index contributed by atoms with van der Waals surface area (Å²) in [6.07, 6.45) is 1.78. The van der Waals surface area contributed by atoms with Gasteiger partial charge in [0.2, 0.25) is 5.91 Å². The normalized spacial score (nSPS) is 17.9. The molecule has 0 aromatic heterocycles. The molecule has 0 aliphatic carbocycles. The topological polar surface area (TPSA) is 69.6 Å². The van der Waals surface area contributed by atoms with Crippen molar-refractivity contribution in [3.63, 3.8) is 0 Å². The van der Waals surface area contributed by atoms with Crippen LogP contribution < -0.4 is 5.32 Å². The van der Waals surface area contributed by atoms with E-state index in [-0.39, 0.29) is 17.6 Å². The number of carboxylic acid groups (broad SMARTS) is 1. The van der Waals surface area contributed by atoms with E-state index in [9.17, 15) is 14.0 Å². The van der Waals surface area contributed by atoms with E-state index in [1.54, 1.807) is 12.1 Å². The molecule has 1 aliphatic heterocycles. The summed E-state index contributed by atoms with van der Waals surface area (Å²) in [6, 6.07) is 5.32. The molecular formula is C16H21FN2O3. The number of aliphatic carboxylic acids is 1. The van der Waals surface area contributed by atoms with Crippen LogP contribution in [0.2, 0.25) is 0 Å². The van der Waals surface area contributed by atoms with Crippen LogP contribution in [0.3, 0.4) is 0 Å². The van der Waals surface area contributed by atoms with Gasteiger partial charge in [0.15, 0.2) is 0 Å². The number of benzene rings is 1. The van der Waals surface area contributed by atoms with Gasteiger partial charge in [-0.05, 0) is 50.6 Å². The number of carboxylic acids is 1. The Morgan fingerprint density at radius 1 is 1.41 bits per heavy atom. The largest absolute Gasteiger partial charge is 0.480 e. The van der Waals surface area contributed by atoms with Crippen LogP contribution in [0.25, 0.3) is 0 Å². The summed E-state index contributed by atoms with van der Waals surface area (Å²) in [4.78, 5) is 25.3. The zero-order chi connectivity index (χ0) is 16.1. The molecule has 22 heavy (non-hydrogen) atoms. The van der Waals surface area contributed by atoms with Crippen molar-refractivity contribution in [1.82, 2.24) is 4.90 Å². The lowest BCUT2D eigenvalue weighted by molar-refractivity contribution is -0.144. The van der Waals surface area contributed by atoms with Crippen LogP contribution in [0.1, 0.15) is 26.2 Å². The molecule has 1 heterocycles. The van der Waals surface area contributed by atoms with Gasteiger partial charge in [-0.1, -0.05) is 13.0 Å². The van der Waals surface area contributed by atoms with Crippen molar-refractivity contribution in [3.05, 3.63) is 30.1 Å². The Balaban J connectivity index is 1.88. The summed E-state index contributed by atoms with van der Waals surface area (Å²) in [6.45, 7) is 3.03. The number of rotatable bonds is 5. The molecule has 1 aromatic rings. The molecule has 2 rings (SSSR count). The number of halogens is 1. The van der Waals surface area contributed by atoms with E-state index in [2.05, 4.69) is 5.32 Å². The number of nitrogens with zero attached hydrogens (tertiary/aromatic N) is 1. The van der Waals surface area contributed by atoms with Gasteiger partial charge in [0.25, 0.3) is 0 Å². The fraction of sp³-hybridized carbons (Fsp3) is 0.500. The molecule has 1 aromatic carbocycles. The van der Waals surface area contributed by atoms with Gasteiger partial charge < -0.3 is 10.4 Å².